The smallest absolute Gasteiger partial charge is 0.187 e. The Hall–Kier alpha value is -2.11. The molecule has 1 aromatic carbocycles. The fourth-order valence-electron chi connectivity index (χ4n) is 3.01. The van der Waals surface area contributed by atoms with Gasteiger partial charge in [-0.15, -0.1) is 5.10 Å². The summed E-state index contributed by atoms with van der Waals surface area (Å²) in [5.41, 5.74) is 7.57. The van der Waals surface area contributed by atoms with Crippen molar-refractivity contribution in [2.45, 2.75) is 39.2 Å². The summed E-state index contributed by atoms with van der Waals surface area (Å²) in [7, 11) is 0. The number of nitrogens with zero attached hydrogens (tertiary/aromatic N) is 4. The molecule has 1 aliphatic rings. The van der Waals surface area contributed by atoms with Crippen LogP contribution in [-0.2, 0) is 6.54 Å². The Bertz CT molecular complexity index is 604. The van der Waals surface area contributed by atoms with Crippen molar-refractivity contribution in [3.8, 4) is 17.1 Å². The minimum absolute atomic E-state index is 0.584. The van der Waals surface area contributed by atoms with E-state index in [-0.39, 0.29) is 0 Å². The molecule has 2 aromatic rings. The van der Waals surface area contributed by atoms with E-state index in [0.29, 0.717) is 24.0 Å². The summed E-state index contributed by atoms with van der Waals surface area (Å²) < 4.78 is 7.54. The highest BCUT2D eigenvalue weighted by molar-refractivity contribution is 5.77. The SMILES string of the molecule is CCOc1cccc(N)c1-c1nnnn1CC1CCCC1. The van der Waals surface area contributed by atoms with Crippen molar-refractivity contribution in [1.82, 2.24) is 20.2 Å². The summed E-state index contributed by atoms with van der Waals surface area (Å²) in [6.07, 6.45) is 5.11. The van der Waals surface area contributed by atoms with Gasteiger partial charge in [-0.25, -0.2) is 4.68 Å². The average Bonchev–Trinajstić information content (AvgIpc) is 3.12. The normalized spacial score (nSPS) is 15.5. The van der Waals surface area contributed by atoms with E-state index in [9.17, 15) is 0 Å². The molecule has 1 heterocycles. The van der Waals surface area contributed by atoms with Crippen LogP contribution < -0.4 is 10.5 Å². The zero-order valence-corrected chi connectivity index (χ0v) is 12.3. The Morgan fingerprint density at radius 2 is 2.14 bits per heavy atom. The monoisotopic (exact) mass is 287 g/mol. The molecule has 0 saturated heterocycles. The number of benzene rings is 1. The van der Waals surface area contributed by atoms with Gasteiger partial charge in [0.25, 0.3) is 0 Å². The molecule has 6 heteroatoms. The van der Waals surface area contributed by atoms with Gasteiger partial charge in [0.2, 0.25) is 0 Å². The van der Waals surface area contributed by atoms with Gasteiger partial charge in [-0.05, 0) is 48.2 Å². The minimum Gasteiger partial charge on any atom is -0.493 e. The number of aromatic nitrogens is 4. The van der Waals surface area contributed by atoms with Gasteiger partial charge in [-0.3, -0.25) is 0 Å². The number of rotatable bonds is 5. The van der Waals surface area contributed by atoms with Gasteiger partial charge < -0.3 is 10.5 Å². The molecule has 6 nitrogen and oxygen atoms in total. The number of hydrogen-bond donors (Lipinski definition) is 1. The fourth-order valence-corrected chi connectivity index (χ4v) is 3.01. The molecular formula is C15H21N5O. The van der Waals surface area contributed by atoms with E-state index in [1.165, 1.54) is 25.7 Å². The maximum Gasteiger partial charge on any atom is 0.187 e. The molecule has 0 bridgehead atoms. The third kappa shape index (κ3) is 2.84. The Kier molecular flexibility index (Phi) is 4.03. The number of anilines is 1. The van der Waals surface area contributed by atoms with Gasteiger partial charge in [0.15, 0.2) is 5.82 Å². The molecule has 0 aliphatic heterocycles. The highest BCUT2D eigenvalue weighted by Gasteiger charge is 2.21. The Labute approximate surface area is 124 Å². The molecule has 0 unspecified atom stereocenters. The van der Waals surface area contributed by atoms with E-state index in [1.807, 2.05) is 29.8 Å². The molecule has 112 valence electrons. The predicted molar refractivity (Wildman–Crippen MR) is 80.8 cm³/mol. The second kappa shape index (κ2) is 6.11. The van der Waals surface area contributed by atoms with Crippen molar-refractivity contribution in [2.24, 2.45) is 5.92 Å². The van der Waals surface area contributed by atoms with Crippen LogP contribution in [0.5, 0.6) is 5.75 Å². The molecule has 3 rings (SSSR count). The highest BCUT2D eigenvalue weighted by atomic mass is 16.5. The summed E-state index contributed by atoms with van der Waals surface area (Å²) in [6.45, 7) is 3.39. The van der Waals surface area contributed by atoms with Crippen LogP contribution in [0.15, 0.2) is 18.2 Å². The van der Waals surface area contributed by atoms with Crippen molar-refractivity contribution in [3.63, 3.8) is 0 Å². The van der Waals surface area contributed by atoms with Gasteiger partial charge in [0, 0.05) is 12.2 Å². The third-order valence-electron chi connectivity index (χ3n) is 4.02. The second-order valence-electron chi connectivity index (χ2n) is 5.49. The van der Waals surface area contributed by atoms with Crippen LogP contribution in [0, 0.1) is 5.92 Å². The summed E-state index contributed by atoms with van der Waals surface area (Å²) in [5.74, 6) is 2.09. The first-order chi connectivity index (χ1) is 10.3. The van der Waals surface area contributed by atoms with Crippen molar-refractivity contribution in [1.29, 1.82) is 0 Å². The molecule has 0 radical (unpaired) electrons. The zero-order valence-electron chi connectivity index (χ0n) is 12.3. The Morgan fingerprint density at radius 1 is 1.33 bits per heavy atom. The Morgan fingerprint density at radius 3 is 2.90 bits per heavy atom. The molecule has 0 spiro atoms. The van der Waals surface area contributed by atoms with Gasteiger partial charge in [0.05, 0.1) is 12.2 Å². The first kappa shape index (κ1) is 13.9. The van der Waals surface area contributed by atoms with Crippen LogP contribution in [0.4, 0.5) is 5.69 Å². The van der Waals surface area contributed by atoms with E-state index < -0.39 is 0 Å². The standard InChI is InChI=1S/C15H21N5O/c1-2-21-13-9-5-8-12(16)14(13)15-17-18-19-20(15)10-11-6-3-4-7-11/h5,8-9,11H,2-4,6-7,10,16H2,1H3. The van der Waals surface area contributed by atoms with Crippen LogP contribution in [-0.4, -0.2) is 26.8 Å². The van der Waals surface area contributed by atoms with E-state index >= 15 is 0 Å². The van der Waals surface area contributed by atoms with E-state index in [0.717, 1.165) is 17.9 Å². The van der Waals surface area contributed by atoms with Crippen molar-refractivity contribution < 1.29 is 4.74 Å². The lowest BCUT2D eigenvalue weighted by atomic mass is 10.1. The number of ether oxygens (including phenoxy) is 1. The number of tetrazole rings is 1. The van der Waals surface area contributed by atoms with Crippen LogP contribution in [0.3, 0.4) is 0 Å². The maximum absolute atomic E-state index is 6.13. The quantitative estimate of drug-likeness (QED) is 0.855. The molecular weight excluding hydrogens is 266 g/mol. The molecule has 1 aromatic heterocycles. The lowest BCUT2D eigenvalue weighted by molar-refractivity contribution is 0.341. The van der Waals surface area contributed by atoms with E-state index in [1.54, 1.807) is 0 Å². The van der Waals surface area contributed by atoms with Crippen molar-refractivity contribution in [3.05, 3.63) is 18.2 Å². The average molecular weight is 287 g/mol. The summed E-state index contributed by atoms with van der Waals surface area (Å²) in [5, 5.41) is 12.2. The molecule has 1 fully saturated rings. The first-order valence-electron chi connectivity index (χ1n) is 7.57. The van der Waals surface area contributed by atoms with Crippen LogP contribution >= 0.6 is 0 Å². The summed E-state index contributed by atoms with van der Waals surface area (Å²) in [6, 6.07) is 5.64. The lowest BCUT2D eigenvalue weighted by Gasteiger charge is -2.14. The lowest BCUT2D eigenvalue weighted by Crippen LogP contribution is -2.11. The predicted octanol–water partition coefficient (Wildman–Crippen LogP) is 2.51. The molecule has 21 heavy (non-hydrogen) atoms. The highest BCUT2D eigenvalue weighted by Crippen LogP contribution is 2.34. The first-order valence-corrected chi connectivity index (χ1v) is 7.57. The van der Waals surface area contributed by atoms with Crippen molar-refractivity contribution >= 4 is 5.69 Å². The maximum atomic E-state index is 6.13. The van der Waals surface area contributed by atoms with E-state index in [2.05, 4.69) is 15.5 Å². The largest absolute Gasteiger partial charge is 0.493 e. The fraction of sp³-hybridized carbons (Fsp3) is 0.533. The van der Waals surface area contributed by atoms with Gasteiger partial charge >= 0.3 is 0 Å². The van der Waals surface area contributed by atoms with E-state index in [4.69, 9.17) is 10.5 Å². The molecule has 2 N–H and O–H groups in total. The second-order valence-corrected chi connectivity index (χ2v) is 5.49. The van der Waals surface area contributed by atoms with Gasteiger partial charge in [0.1, 0.15) is 5.75 Å². The van der Waals surface area contributed by atoms with Crippen molar-refractivity contribution in [2.75, 3.05) is 12.3 Å². The van der Waals surface area contributed by atoms with Crippen LogP contribution in [0.2, 0.25) is 0 Å². The van der Waals surface area contributed by atoms with Crippen LogP contribution in [0.1, 0.15) is 32.6 Å². The number of nitrogens with two attached hydrogens (primary N) is 1. The summed E-state index contributed by atoms with van der Waals surface area (Å²) in [4.78, 5) is 0. The van der Waals surface area contributed by atoms with Gasteiger partial charge in [-0.2, -0.15) is 0 Å². The molecule has 1 saturated carbocycles. The molecule has 0 amide bonds. The van der Waals surface area contributed by atoms with Crippen LogP contribution in [0.25, 0.3) is 11.4 Å². The minimum atomic E-state index is 0.584. The summed E-state index contributed by atoms with van der Waals surface area (Å²) >= 11 is 0. The third-order valence-corrected chi connectivity index (χ3v) is 4.02. The molecule has 1 aliphatic carbocycles. The Balaban J connectivity index is 1.95. The number of nitrogen functional groups attached to an aromatic ring is 1. The number of hydrogen-bond acceptors (Lipinski definition) is 5. The van der Waals surface area contributed by atoms with Gasteiger partial charge in [-0.1, -0.05) is 18.9 Å². The zero-order chi connectivity index (χ0) is 14.7. The molecule has 0 atom stereocenters. The topological polar surface area (TPSA) is 78.8 Å².